The molecule has 0 aliphatic rings. The highest BCUT2D eigenvalue weighted by Crippen LogP contribution is 2.29. The van der Waals surface area contributed by atoms with Crippen molar-refractivity contribution in [3.05, 3.63) is 47.5 Å². The minimum absolute atomic E-state index is 0.159. The molecule has 0 heterocycles. The van der Waals surface area contributed by atoms with Gasteiger partial charge in [0, 0.05) is 31.4 Å². The Morgan fingerprint density at radius 3 is 2.11 bits per heavy atom. The lowest BCUT2D eigenvalue weighted by Gasteiger charge is -2.23. The molecule has 144 valence electrons. The fourth-order valence-corrected chi connectivity index (χ4v) is 3.07. The molecule has 0 aliphatic carbocycles. The van der Waals surface area contributed by atoms with Crippen molar-refractivity contribution in [1.82, 2.24) is 0 Å². The van der Waals surface area contributed by atoms with E-state index in [9.17, 15) is 9.59 Å². The van der Waals surface area contributed by atoms with Crippen molar-refractivity contribution >= 4 is 59.1 Å². The number of thiol groups is 1. The summed E-state index contributed by atoms with van der Waals surface area (Å²) < 4.78 is 1.18. The number of carbonyl (C=O) groups excluding carboxylic acids is 2. The third-order valence-corrected chi connectivity index (χ3v) is 4.64. The van der Waals surface area contributed by atoms with Crippen LogP contribution >= 0.6 is 24.4 Å². The zero-order valence-electron chi connectivity index (χ0n) is 15.5. The zero-order valence-corrected chi connectivity index (χ0v) is 17.1. The molecular formula is C19H23ClN4O2S. The number of rotatable bonds is 6. The molecular weight excluding hydrogens is 384 g/mol. The number of benzene rings is 2. The van der Waals surface area contributed by atoms with Gasteiger partial charge in [-0.05, 0) is 56.3 Å². The summed E-state index contributed by atoms with van der Waals surface area (Å²) in [6.07, 6.45) is 0. The number of anilines is 4. The Morgan fingerprint density at radius 2 is 1.59 bits per heavy atom. The summed E-state index contributed by atoms with van der Waals surface area (Å²) in [7, 11) is 0. The highest BCUT2D eigenvalue weighted by Gasteiger charge is 2.14. The minimum Gasteiger partial charge on any atom is -0.371 e. The van der Waals surface area contributed by atoms with Gasteiger partial charge in [0.1, 0.15) is 0 Å². The maximum Gasteiger partial charge on any atom is 0.336 e. The normalized spacial score (nSPS) is 10.3. The van der Waals surface area contributed by atoms with Crippen molar-refractivity contribution in [3.8, 4) is 0 Å². The standard InChI is InChI=1S/C19H23ClN4O2S/c1-4-23(5-2)18-11-8-15(12-17(18)20)22-19(26)24(27)16-9-6-14(7-10-16)21-13(3)25/h6-12,27H,4-5H2,1-3H3,(H,21,25)(H,22,26). The number of hydrogen-bond donors (Lipinski definition) is 3. The summed E-state index contributed by atoms with van der Waals surface area (Å²) in [5, 5.41) is 6.01. The first-order chi connectivity index (χ1) is 12.8. The minimum atomic E-state index is -0.419. The maximum atomic E-state index is 12.4. The maximum absolute atomic E-state index is 12.4. The molecule has 0 fully saturated rings. The number of urea groups is 1. The Morgan fingerprint density at radius 1 is 1.00 bits per heavy atom. The van der Waals surface area contributed by atoms with E-state index in [1.807, 2.05) is 6.07 Å². The van der Waals surface area contributed by atoms with Crippen LogP contribution < -0.4 is 19.8 Å². The molecule has 3 amide bonds. The van der Waals surface area contributed by atoms with Crippen LogP contribution in [0.1, 0.15) is 20.8 Å². The fraction of sp³-hybridized carbons (Fsp3) is 0.263. The van der Waals surface area contributed by atoms with Crippen molar-refractivity contribution in [2.75, 3.05) is 32.9 Å². The highest BCUT2D eigenvalue weighted by molar-refractivity contribution is 7.82. The van der Waals surface area contributed by atoms with E-state index in [4.69, 9.17) is 11.6 Å². The number of halogens is 1. The number of nitrogens with one attached hydrogen (secondary N) is 2. The molecule has 2 rings (SSSR count). The number of hydrogen-bond acceptors (Lipinski definition) is 4. The Kier molecular flexibility index (Phi) is 7.38. The van der Waals surface area contributed by atoms with Crippen molar-refractivity contribution in [1.29, 1.82) is 0 Å². The smallest absolute Gasteiger partial charge is 0.336 e. The van der Waals surface area contributed by atoms with Crippen LogP contribution in [0.5, 0.6) is 0 Å². The van der Waals surface area contributed by atoms with Crippen LogP contribution in [-0.2, 0) is 4.79 Å². The molecule has 2 aromatic rings. The van der Waals surface area contributed by atoms with E-state index >= 15 is 0 Å². The average Bonchev–Trinajstić information content (AvgIpc) is 2.64. The van der Waals surface area contributed by atoms with E-state index in [0.29, 0.717) is 22.1 Å². The highest BCUT2D eigenvalue weighted by atomic mass is 35.5. The van der Waals surface area contributed by atoms with Crippen molar-refractivity contribution in [2.45, 2.75) is 20.8 Å². The van der Waals surface area contributed by atoms with E-state index < -0.39 is 6.03 Å². The Balaban J connectivity index is 2.07. The van der Waals surface area contributed by atoms with Gasteiger partial charge in [0.2, 0.25) is 5.91 Å². The molecule has 0 aromatic heterocycles. The van der Waals surface area contributed by atoms with Gasteiger partial charge in [-0.3, -0.25) is 4.79 Å². The third kappa shape index (κ3) is 5.55. The van der Waals surface area contributed by atoms with E-state index in [1.165, 1.54) is 11.2 Å². The lowest BCUT2D eigenvalue weighted by molar-refractivity contribution is -0.114. The van der Waals surface area contributed by atoms with Crippen LogP contribution in [0.3, 0.4) is 0 Å². The molecule has 0 saturated heterocycles. The topological polar surface area (TPSA) is 64.7 Å². The van der Waals surface area contributed by atoms with Crippen LogP contribution in [0.15, 0.2) is 42.5 Å². The number of amides is 3. The third-order valence-electron chi connectivity index (χ3n) is 3.93. The monoisotopic (exact) mass is 406 g/mol. The summed E-state index contributed by atoms with van der Waals surface area (Å²) in [5.41, 5.74) is 2.72. The van der Waals surface area contributed by atoms with Gasteiger partial charge >= 0.3 is 6.03 Å². The van der Waals surface area contributed by atoms with Crippen LogP contribution in [0, 0.1) is 0 Å². The molecule has 2 N–H and O–H groups in total. The molecule has 8 heteroatoms. The first kappa shape index (κ1) is 20.9. The van der Waals surface area contributed by atoms with Gasteiger partial charge in [0.15, 0.2) is 0 Å². The van der Waals surface area contributed by atoms with Crippen molar-refractivity contribution in [3.63, 3.8) is 0 Å². The van der Waals surface area contributed by atoms with Gasteiger partial charge in [0.05, 0.1) is 16.4 Å². The van der Waals surface area contributed by atoms with Crippen LogP contribution in [-0.4, -0.2) is 25.0 Å². The summed E-state index contributed by atoms with van der Waals surface area (Å²) in [5.74, 6) is -0.159. The summed E-state index contributed by atoms with van der Waals surface area (Å²) in [6.45, 7) is 7.25. The molecule has 6 nitrogen and oxygen atoms in total. The number of carbonyl (C=O) groups is 2. The van der Waals surface area contributed by atoms with Gasteiger partial charge in [-0.1, -0.05) is 24.4 Å². The molecule has 0 aliphatic heterocycles. The first-order valence-electron chi connectivity index (χ1n) is 8.57. The van der Waals surface area contributed by atoms with E-state index in [1.54, 1.807) is 36.4 Å². The molecule has 0 atom stereocenters. The summed E-state index contributed by atoms with van der Waals surface area (Å²) >= 11 is 10.6. The average molecular weight is 407 g/mol. The quantitative estimate of drug-likeness (QED) is 0.589. The Bertz CT molecular complexity index is 810. The predicted molar refractivity (Wildman–Crippen MR) is 116 cm³/mol. The van der Waals surface area contributed by atoms with Crippen LogP contribution in [0.25, 0.3) is 0 Å². The van der Waals surface area contributed by atoms with Gasteiger partial charge in [-0.15, -0.1) is 0 Å². The van der Waals surface area contributed by atoms with E-state index in [0.717, 1.165) is 18.8 Å². The molecule has 0 bridgehead atoms. The molecule has 0 radical (unpaired) electrons. The number of nitrogens with zero attached hydrogens (tertiary/aromatic N) is 2. The zero-order chi connectivity index (χ0) is 20.0. The predicted octanol–water partition coefficient (Wildman–Crippen LogP) is 5.03. The van der Waals surface area contributed by atoms with Gasteiger partial charge in [0.25, 0.3) is 0 Å². The summed E-state index contributed by atoms with van der Waals surface area (Å²) in [4.78, 5) is 25.6. The van der Waals surface area contributed by atoms with Crippen LogP contribution in [0.2, 0.25) is 5.02 Å². The van der Waals surface area contributed by atoms with Gasteiger partial charge < -0.3 is 15.5 Å². The van der Waals surface area contributed by atoms with Gasteiger partial charge in [-0.2, -0.15) is 0 Å². The molecule has 0 unspecified atom stereocenters. The first-order valence-corrected chi connectivity index (χ1v) is 9.35. The second-order valence-corrected chi connectivity index (χ2v) is 6.62. The van der Waals surface area contributed by atoms with Gasteiger partial charge in [-0.25, -0.2) is 9.10 Å². The van der Waals surface area contributed by atoms with Crippen LogP contribution in [0.4, 0.5) is 27.5 Å². The molecule has 0 saturated carbocycles. The van der Waals surface area contributed by atoms with E-state index in [2.05, 4.69) is 42.2 Å². The fourth-order valence-electron chi connectivity index (χ4n) is 2.59. The van der Waals surface area contributed by atoms with Crippen molar-refractivity contribution in [2.24, 2.45) is 0 Å². The second-order valence-electron chi connectivity index (χ2n) is 5.81. The lowest BCUT2D eigenvalue weighted by atomic mass is 10.2. The SMILES string of the molecule is CCN(CC)c1ccc(NC(=O)N(S)c2ccc(NC(C)=O)cc2)cc1Cl. The summed E-state index contributed by atoms with van der Waals surface area (Å²) in [6, 6.07) is 11.8. The van der Waals surface area contributed by atoms with E-state index in [-0.39, 0.29) is 5.91 Å². The molecule has 2 aromatic carbocycles. The second kappa shape index (κ2) is 9.53. The van der Waals surface area contributed by atoms with Crippen molar-refractivity contribution < 1.29 is 9.59 Å². The Hall–Kier alpha value is -2.38. The molecule has 0 spiro atoms. The Labute approximate surface area is 170 Å². The lowest BCUT2D eigenvalue weighted by Crippen LogP contribution is -2.27. The molecule has 27 heavy (non-hydrogen) atoms. The largest absolute Gasteiger partial charge is 0.371 e.